The Morgan fingerprint density at radius 1 is 1.26 bits per heavy atom. The Morgan fingerprint density at radius 2 is 2.00 bits per heavy atom. The minimum absolute atomic E-state index is 0.0182. The zero-order valence-electron chi connectivity index (χ0n) is 16.5. The van der Waals surface area contributed by atoms with E-state index in [0.717, 1.165) is 17.9 Å². The average molecular weight is 375 g/mol. The first-order chi connectivity index (χ1) is 12.9. The van der Waals surface area contributed by atoms with Gasteiger partial charge in [-0.05, 0) is 45.4 Å². The molecule has 1 fully saturated rings. The van der Waals surface area contributed by atoms with Crippen molar-refractivity contribution in [1.29, 1.82) is 0 Å². The highest BCUT2D eigenvalue weighted by molar-refractivity contribution is 5.89. The quantitative estimate of drug-likeness (QED) is 0.820. The molecule has 1 aromatic carbocycles. The third-order valence-corrected chi connectivity index (χ3v) is 5.14. The van der Waals surface area contributed by atoms with Crippen LogP contribution >= 0.6 is 0 Å². The fourth-order valence-corrected chi connectivity index (χ4v) is 3.64. The molecule has 2 aliphatic rings. The van der Waals surface area contributed by atoms with E-state index in [9.17, 15) is 9.59 Å². The fraction of sp³-hybridized carbons (Fsp3) is 0.600. The lowest BCUT2D eigenvalue weighted by atomic mass is 10.0. The molecular formula is C20H29N3O4. The summed E-state index contributed by atoms with van der Waals surface area (Å²) in [5.41, 5.74) is 0.982. The second-order valence-corrected chi connectivity index (χ2v) is 7.65. The van der Waals surface area contributed by atoms with Crippen LogP contribution in [0.2, 0.25) is 0 Å². The standard InChI is InChI=1S/C20H29N3O4/c1-13(2)22-8-7-21-20(25)16(22)10-19(24)23(14(3)4)11-15-5-6-17-18(9-15)27-12-26-17/h5-6,9,13-14,16H,7-8,10-12H2,1-4H3,(H,21,25). The number of rotatable bonds is 6. The molecule has 0 radical (unpaired) electrons. The van der Waals surface area contributed by atoms with Crippen molar-refractivity contribution in [2.75, 3.05) is 19.9 Å². The fourth-order valence-electron chi connectivity index (χ4n) is 3.64. The van der Waals surface area contributed by atoms with Gasteiger partial charge in [-0.2, -0.15) is 0 Å². The largest absolute Gasteiger partial charge is 0.454 e. The van der Waals surface area contributed by atoms with Crippen LogP contribution < -0.4 is 14.8 Å². The number of nitrogens with one attached hydrogen (secondary N) is 1. The molecule has 1 aromatic rings. The summed E-state index contributed by atoms with van der Waals surface area (Å²) in [7, 11) is 0. The molecule has 27 heavy (non-hydrogen) atoms. The second-order valence-electron chi connectivity index (χ2n) is 7.65. The number of fused-ring (bicyclic) bond motifs is 1. The summed E-state index contributed by atoms with van der Waals surface area (Å²) in [5.74, 6) is 1.36. The molecule has 2 heterocycles. The van der Waals surface area contributed by atoms with E-state index in [4.69, 9.17) is 9.47 Å². The summed E-state index contributed by atoms with van der Waals surface area (Å²) in [6.45, 7) is 10.2. The van der Waals surface area contributed by atoms with E-state index in [-0.39, 0.29) is 37.1 Å². The SMILES string of the molecule is CC(C)N(Cc1ccc2c(c1)OCO2)C(=O)CC1C(=O)NCCN1C(C)C. The van der Waals surface area contributed by atoms with Gasteiger partial charge in [0.15, 0.2) is 11.5 Å². The normalized spacial score (nSPS) is 19.5. The van der Waals surface area contributed by atoms with E-state index in [0.29, 0.717) is 18.8 Å². The molecule has 0 spiro atoms. The molecule has 0 aliphatic carbocycles. The molecule has 148 valence electrons. The predicted molar refractivity (Wildman–Crippen MR) is 102 cm³/mol. The second kappa shape index (κ2) is 8.17. The topological polar surface area (TPSA) is 71.1 Å². The van der Waals surface area contributed by atoms with E-state index in [1.54, 1.807) is 0 Å². The van der Waals surface area contributed by atoms with Gasteiger partial charge in [-0.1, -0.05) is 6.07 Å². The van der Waals surface area contributed by atoms with Crippen LogP contribution in [0.5, 0.6) is 11.5 Å². The molecule has 0 aromatic heterocycles. The Kier molecular flexibility index (Phi) is 5.89. The molecule has 1 N–H and O–H groups in total. The monoisotopic (exact) mass is 375 g/mol. The Bertz CT molecular complexity index is 704. The van der Waals surface area contributed by atoms with Gasteiger partial charge in [0.25, 0.3) is 0 Å². The Morgan fingerprint density at radius 3 is 2.70 bits per heavy atom. The van der Waals surface area contributed by atoms with Crippen LogP contribution in [-0.4, -0.2) is 59.6 Å². The molecule has 0 bridgehead atoms. The van der Waals surface area contributed by atoms with Crippen molar-refractivity contribution in [2.24, 2.45) is 0 Å². The zero-order chi connectivity index (χ0) is 19.6. The van der Waals surface area contributed by atoms with Gasteiger partial charge >= 0.3 is 0 Å². The maximum absolute atomic E-state index is 13.1. The highest BCUT2D eigenvalue weighted by atomic mass is 16.7. The smallest absolute Gasteiger partial charge is 0.237 e. The number of nitrogens with zero attached hydrogens (tertiary/aromatic N) is 2. The molecule has 1 atom stereocenters. The Balaban J connectivity index is 1.72. The average Bonchev–Trinajstić information content (AvgIpc) is 3.08. The minimum Gasteiger partial charge on any atom is -0.454 e. The van der Waals surface area contributed by atoms with Gasteiger partial charge in [0, 0.05) is 31.7 Å². The van der Waals surface area contributed by atoms with Crippen LogP contribution in [0, 0.1) is 0 Å². The number of benzene rings is 1. The first-order valence-electron chi connectivity index (χ1n) is 9.58. The summed E-state index contributed by atoms with van der Waals surface area (Å²) in [5, 5.41) is 2.89. The van der Waals surface area contributed by atoms with Crippen LogP contribution in [0.25, 0.3) is 0 Å². The van der Waals surface area contributed by atoms with Gasteiger partial charge in [-0.25, -0.2) is 0 Å². The molecule has 7 nitrogen and oxygen atoms in total. The molecule has 2 aliphatic heterocycles. The number of carbonyl (C=O) groups is 2. The van der Waals surface area contributed by atoms with Crippen LogP contribution in [0.1, 0.15) is 39.7 Å². The summed E-state index contributed by atoms with van der Waals surface area (Å²) >= 11 is 0. The maximum atomic E-state index is 13.1. The zero-order valence-corrected chi connectivity index (χ0v) is 16.5. The van der Waals surface area contributed by atoms with Gasteiger partial charge in [0.05, 0.1) is 12.5 Å². The van der Waals surface area contributed by atoms with E-state index in [1.165, 1.54) is 0 Å². The molecular weight excluding hydrogens is 346 g/mol. The van der Waals surface area contributed by atoms with E-state index < -0.39 is 6.04 Å². The third-order valence-electron chi connectivity index (χ3n) is 5.14. The predicted octanol–water partition coefficient (Wildman–Crippen LogP) is 1.75. The molecule has 1 unspecified atom stereocenters. The van der Waals surface area contributed by atoms with Crippen LogP contribution in [0.3, 0.4) is 0 Å². The lowest BCUT2D eigenvalue weighted by Crippen LogP contribution is -2.58. The van der Waals surface area contributed by atoms with Gasteiger partial charge in [0.1, 0.15) is 0 Å². The summed E-state index contributed by atoms with van der Waals surface area (Å²) in [4.78, 5) is 29.4. The van der Waals surface area contributed by atoms with Gasteiger partial charge in [-0.3, -0.25) is 14.5 Å². The van der Waals surface area contributed by atoms with Crippen molar-refractivity contribution in [3.63, 3.8) is 0 Å². The van der Waals surface area contributed by atoms with Crippen LogP contribution in [-0.2, 0) is 16.1 Å². The van der Waals surface area contributed by atoms with Crippen LogP contribution in [0.4, 0.5) is 0 Å². The van der Waals surface area contributed by atoms with Crippen molar-refractivity contribution in [2.45, 2.75) is 58.8 Å². The number of ether oxygens (including phenoxy) is 2. The summed E-state index contributed by atoms with van der Waals surface area (Å²) in [6, 6.07) is 5.57. The molecule has 1 saturated heterocycles. The molecule has 2 amide bonds. The molecule has 0 saturated carbocycles. The van der Waals surface area contributed by atoms with Crippen molar-refractivity contribution in [3.05, 3.63) is 23.8 Å². The van der Waals surface area contributed by atoms with Crippen molar-refractivity contribution in [3.8, 4) is 11.5 Å². The Hall–Kier alpha value is -2.28. The first kappa shape index (κ1) is 19.5. The van der Waals surface area contributed by atoms with Crippen LogP contribution in [0.15, 0.2) is 18.2 Å². The van der Waals surface area contributed by atoms with Crippen molar-refractivity contribution < 1.29 is 19.1 Å². The van der Waals surface area contributed by atoms with Gasteiger partial charge in [-0.15, -0.1) is 0 Å². The number of piperazine rings is 1. The lowest BCUT2D eigenvalue weighted by Gasteiger charge is -2.38. The number of carbonyl (C=O) groups excluding carboxylic acids is 2. The summed E-state index contributed by atoms with van der Waals surface area (Å²) < 4.78 is 10.8. The molecule has 3 rings (SSSR count). The summed E-state index contributed by atoms with van der Waals surface area (Å²) in [6.07, 6.45) is 0.187. The maximum Gasteiger partial charge on any atom is 0.237 e. The molecule has 7 heteroatoms. The number of hydrogen-bond donors (Lipinski definition) is 1. The van der Waals surface area contributed by atoms with E-state index in [1.807, 2.05) is 36.9 Å². The van der Waals surface area contributed by atoms with Crippen molar-refractivity contribution in [1.82, 2.24) is 15.1 Å². The number of hydrogen-bond acceptors (Lipinski definition) is 5. The highest BCUT2D eigenvalue weighted by Gasteiger charge is 2.34. The van der Waals surface area contributed by atoms with E-state index in [2.05, 4.69) is 24.1 Å². The lowest BCUT2D eigenvalue weighted by molar-refractivity contribution is -0.141. The van der Waals surface area contributed by atoms with E-state index >= 15 is 0 Å². The van der Waals surface area contributed by atoms with Crippen molar-refractivity contribution >= 4 is 11.8 Å². The Labute approximate surface area is 160 Å². The first-order valence-corrected chi connectivity index (χ1v) is 9.58. The van der Waals surface area contributed by atoms with Gasteiger partial charge in [0.2, 0.25) is 18.6 Å². The minimum atomic E-state index is -0.413. The highest BCUT2D eigenvalue weighted by Crippen LogP contribution is 2.33. The third kappa shape index (κ3) is 4.35. The van der Waals surface area contributed by atoms with Gasteiger partial charge < -0.3 is 19.7 Å². The number of amides is 2.